The maximum atomic E-state index is 10.8. The van der Waals surface area contributed by atoms with Gasteiger partial charge in [-0.05, 0) is 18.6 Å². The van der Waals surface area contributed by atoms with Crippen LogP contribution >= 0.6 is 0 Å². The third-order valence-corrected chi connectivity index (χ3v) is 2.34. The number of hydrogen-bond acceptors (Lipinski definition) is 4. The van der Waals surface area contributed by atoms with Crippen molar-refractivity contribution in [3.05, 3.63) is 30.3 Å². The summed E-state index contributed by atoms with van der Waals surface area (Å²) >= 11 is 0. The fourth-order valence-electron chi connectivity index (χ4n) is 1.41. The second kappa shape index (κ2) is 8.36. The molecule has 0 spiro atoms. The fourth-order valence-corrected chi connectivity index (χ4v) is 1.41. The normalized spacial score (nSPS) is 11.7. The quantitative estimate of drug-likeness (QED) is 0.597. The molecule has 100 valence electrons. The average molecular weight is 253 g/mol. The summed E-state index contributed by atoms with van der Waals surface area (Å²) in [6, 6.07) is 9.48. The molecule has 1 aromatic rings. The highest BCUT2D eigenvalue weighted by Gasteiger charge is 2.08. The molecule has 1 unspecified atom stereocenters. The molecule has 0 aliphatic carbocycles. The number of ether oxygens (including phenoxy) is 3. The molecule has 0 fully saturated rings. The van der Waals surface area contributed by atoms with E-state index in [1.165, 1.54) is 7.11 Å². The van der Waals surface area contributed by atoms with Crippen LogP contribution in [0.3, 0.4) is 0 Å². The van der Waals surface area contributed by atoms with Gasteiger partial charge in [0.1, 0.15) is 5.75 Å². The molecule has 0 saturated heterocycles. The van der Waals surface area contributed by atoms with Crippen LogP contribution in [0.5, 0.6) is 5.75 Å². The van der Waals surface area contributed by atoms with Gasteiger partial charge >= 0.3 is 6.09 Å². The third-order valence-electron chi connectivity index (χ3n) is 2.34. The second-order valence-corrected chi connectivity index (χ2v) is 3.66. The van der Waals surface area contributed by atoms with E-state index in [4.69, 9.17) is 9.47 Å². The van der Waals surface area contributed by atoms with E-state index in [-0.39, 0.29) is 6.29 Å². The van der Waals surface area contributed by atoms with Crippen molar-refractivity contribution >= 4 is 6.09 Å². The summed E-state index contributed by atoms with van der Waals surface area (Å²) in [6.07, 6.45) is 0.704. The Morgan fingerprint density at radius 1 is 1.28 bits per heavy atom. The summed E-state index contributed by atoms with van der Waals surface area (Å²) in [5, 5.41) is 2.60. The minimum atomic E-state index is -0.423. The number of carbonyl (C=O) groups excluding carboxylic acids is 1. The Labute approximate surface area is 107 Å². The van der Waals surface area contributed by atoms with E-state index in [0.29, 0.717) is 13.0 Å². The van der Waals surface area contributed by atoms with Gasteiger partial charge in [-0.3, -0.25) is 0 Å². The minimum Gasteiger partial charge on any atom is -0.465 e. The second-order valence-electron chi connectivity index (χ2n) is 3.66. The van der Waals surface area contributed by atoms with Crippen LogP contribution in [-0.2, 0) is 9.47 Å². The molecule has 0 radical (unpaired) electrons. The molecular formula is C13H19NO4. The lowest BCUT2D eigenvalue weighted by Crippen LogP contribution is -2.26. The number of methoxy groups -OCH3 is 2. The smallest absolute Gasteiger partial charge is 0.406 e. The van der Waals surface area contributed by atoms with Gasteiger partial charge in [-0.25, -0.2) is 4.79 Å². The highest BCUT2D eigenvalue weighted by atomic mass is 16.7. The van der Waals surface area contributed by atoms with E-state index in [1.807, 2.05) is 30.3 Å². The summed E-state index contributed by atoms with van der Waals surface area (Å²) < 4.78 is 15.3. The lowest BCUT2D eigenvalue weighted by atomic mass is 10.3. The SMILES string of the molecule is COC(=O)NCCCC(OC)Oc1ccccc1. The van der Waals surface area contributed by atoms with Crippen molar-refractivity contribution < 1.29 is 19.0 Å². The first-order chi connectivity index (χ1) is 8.76. The lowest BCUT2D eigenvalue weighted by molar-refractivity contribution is -0.0589. The zero-order valence-corrected chi connectivity index (χ0v) is 10.7. The average Bonchev–Trinajstić information content (AvgIpc) is 2.43. The number of alkyl carbamates (subject to hydrolysis) is 1. The highest BCUT2D eigenvalue weighted by Crippen LogP contribution is 2.13. The van der Waals surface area contributed by atoms with Crippen LogP contribution in [0.2, 0.25) is 0 Å². The number of amides is 1. The predicted molar refractivity (Wildman–Crippen MR) is 67.5 cm³/mol. The minimum absolute atomic E-state index is 0.313. The molecule has 0 aromatic heterocycles. The fraction of sp³-hybridized carbons (Fsp3) is 0.462. The zero-order chi connectivity index (χ0) is 13.2. The number of para-hydroxylation sites is 1. The summed E-state index contributed by atoms with van der Waals surface area (Å²) in [6.45, 7) is 0.532. The van der Waals surface area contributed by atoms with Gasteiger partial charge in [0.05, 0.1) is 7.11 Å². The van der Waals surface area contributed by atoms with Gasteiger partial charge in [-0.1, -0.05) is 18.2 Å². The van der Waals surface area contributed by atoms with Crippen LogP contribution in [0, 0.1) is 0 Å². The van der Waals surface area contributed by atoms with E-state index < -0.39 is 6.09 Å². The molecule has 1 rings (SSSR count). The molecule has 1 N–H and O–H groups in total. The lowest BCUT2D eigenvalue weighted by Gasteiger charge is -2.17. The van der Waals surface area contributed by atoms with Gasteiger partial charge < -0.3 is 19.5 Å². The van der Waals surface area contributed by atoms with Gasteiger partial charge in [0, 0.05) is 20.1 Å². The van der Waals surface area contributed by atoms with Crippen LogP contribution in [0.25, 0.3) is 0 Å². The Kier molecular flexibility index (Phi) is 6.64. The Balaban J connectivity index is 2.24. The number of carbonyl (C=O) groups is 1. The van der Waals surface area contributed by atoms with Gasteiger partial charge in [0.2, 0.25) is 0 Å². The Hall–Kier alpha value is -1.75. The van der Waals surface area contributed by atoms with Crippen molar-refractivity contribution in [3.63, 3.8) is 0 Å². The van der Waals surface area contributed by atoms with Gasteiger partial charge in [0.15, 0.2) is 6.29 Å². The Bertz CT molecular complexity index is 342. The van der Waals surface area contributed by atoms with Crippen LogP contribution in [-0.4, -0.2) is 33.1 Å². The maximum Gasteiger partial charge on any atom is 0.406 e. The molecule has 1 amide bonds. The zero-order valence-electron chi connectivity index (χ0n) is 10.7. The van der Waals surface area contributed by atoms with Crippen LogP contribution < -0.4 is 10.1 Å². The van der Waals surface area contributed by atoms with Crippen molar-refractivity contribution in [2.45, 2.75) is 19.1 Å². The Morgan fingerprint density at radius 2 is 2.00 bits per heavy atom. The summed E-state index contributed by atoms with van der Waals surface area (Å²) in [5.41, 5.74) is 0. The van der Waals surface area contributed by atoms with E-state index in [0.717, 1.165) is 12.2 Å². The van der Waals surface area contributed by atoms with E-state index >= 15 is 0 Å². The van der Waals surface area contributed by atoms with Crippen molar-refractivity contribution in [1.29, 1.82) is 0 Å². The predicted octanol–water partition coefficient (Wildman–Crippen LogP) is 2.17. The monoisotopic (exact) mass is 253 g/mol. The molecule has 5 heteroatoms. The van der Waals surface area contributed by atoms with E-state index in [9.17, 15) is 4.79 Å². The third kappa shape index (κ3) is 5.54. The largest absolute Gasteiger partial charge is 0.465 e. The molecule has 18 heavy (non-hydrogen) atoms. The van der Waals surface area contributed by atoms with Crippen LogP contribution in [0.1, 0.15) is 12.8 Å². The number of nitrogens with one attached hydrogen (secondary N) is 1. The van der Waals surface area contributed by atoms with Crippen molar-refractivity contribution in [2.24, 2.45) is 0 Å². The molecule has 0 bridgehead atoms. The Morgan fingerprint density at radius 3 is 2.61 bits per heavy atom. The van der Waals surface area contributed by atoms with Crippen LogP contribution in [0.4, 0.5) is 4.79 Å². The maximum absolute atomic E-state index is 10.8. The topological polar surface area (TPSA) is 56.8 Å². The van der Waals surface area contributed by atoms with Gasteiger partial charge in [-0.2, -0.15) is 0 Å². The number of benzene rings is 1. The summed E-state index contributed by atoms with van der Waals surface area (Å²) in [7, 11) is 2.94. The van der Waals surface area contributed by atoms with Crippen molar-refractivity contribution in [2.75, 3.05) is 20.8 Å². The molecule has 0 aliphatic heterocycles. The van der Waals surface area contributed by atoms with Crippen molar-refractivity contribution in [1.82, 2.24) is 5.32 Å². The molecule has 0 heterocycles. The van der Waals surface area contributed by atoms with Crippen molar-refractivity contribution in [3.8, 4) is 5.75 Å². The number of rotatable bonds is 7. The molecule has 5 nitrogen and oxygen atoms in total. The van der Waals surface area contributed by atoms with Gasteiger partial charge in [0.25, 0.3) is 0 Å². The number of hydrogen-bond donors (Lipinski definition) is 1. The molecular weight excluding hydrogens is 234 g/mol. The van der Waals surface area contributed by atoms with Crippen LogP contribution in [0.15, 0.2) is 30.3 Å². The first-order valence-electron chi connectivity index (χ1n) is 5.82. The first-order valence-corrected chi connectivity index (χ1v) is 5.82. The molecule has 1 aromatic carbocycles. The first kappa shape index (κ1) is 14.3. The van der Waals surface area contributed by atoms with Gasteiger partial charge in [-0.15, -0.1) is 0 Å². The standard InChI is InChI=1S/C13H19NO4/c1-16-12(9-6-10-14-13(15)17-2)18-11-7-4-3-5-8-11/h3-5,7-8,12H,6,9-10H2,1-2H3,(H,14,15). The molecule has 0 saturated carbocycles. The summed E-state index contributed by atoms with van der Waals surface area (Å²) in [4.78, 5) is 10.8. The molecule has 1 atom stereocenters. The summed E-state index contributed by atoms with van der Waals surface area (Å²) in [5.74, 6) is 0.769. The van der Waals surface area contributed by atoms with E-state index in [2.05, 4.69) is 10.1 Å². The molecule has 0 aliphatic rings. The van der Waals surface area contributed by atoms with E-state index in [1.54, 1.807) is 7.11 Å². The highest BCUT2D eigenvalue weighted by molar-refractivity contribution is 5.66.